The maximum atomic E-state index is 5.27. The van der Waals surface area contributed by atoms with Gasteiger partial charge in [0.1, 0.15) is 5.76 Å². The minimum Gasteiger partial charge on any atom is -1.00 e. The van der Waals surface area contributed by atoms with Crippen LogP contribution in [0, 0.1) is 0 Å². The highest BCUT2D eigenvalue weighted by Crippen LogP contribution is 2.04. The lowest BCUT2D eigenvalue weighted by Crippen LogP contribution is -3.00. The lowest BCUT2D eigenvalue weighted by atomic mass is 10.1. The summed E-state index contributed by atoms with van der Waals surface area (Å²) in [6, 6.07) is 4.00. The van der Waals surface area contributed by atoms with E-state index in [4.69, 9.17) is 4.42 Å². The maximum Gasteiger partial charge on any atom is 0.103 e. The van der Waals surface area contributed by atoms with Gasteiger partial charge in [-0.15, -0.1) is 0 Å². The molecule has 1 rings (SSSR count). The molecule has 0 bridgehead atoms. The van der Waals surface area contributed by atoms with E-state index < -0.39 is 0 Å². The average Bonchev–Trinajstić information content (AvgIpc) is 2.54. The largest absolute Gasteiger partial charge is 1.00 e. The van der Waals surface area contributed by atoms with Crippen molar-refractivity contribution in [2.75, 3.05) is 6.54 Å². The van der Waals surface area contributed by atoms with E-state index in [1.807, 2.05) is 12.1 Å². The molecule has 0 atom stereocenters. The highest BCUT2D eigenvalue weighted by molar-refractivity contribution is 4.97. The Kier molecular flexibility index (Phi) is 7.26. The molecule has 0 aliphatic carbocycles. The lowest BCUT2D eigenvalue weighted by molar-refractivity contribution is -0.717. The third kappa shape index (κ3) is 7.85. The maximum absolute atomic E-state index is 5.27. The van der Waals surface area contributed by atoms with Gasteiger partial charge in [0, 0.05) is 6.42 Å². The molecule has 0 aliphatic rings. The second-order valence-electron chi connectivity index (χ2n) is 4.90. The van der Waals surface area contributed by atoms with Crippen LogP contribution in [0.2, 0.25) is 0 Å². The van der Waals surface area contributed by atoms with Gasteiger partial charge in [-0.2, -0.15) is 0 Å². The van der Waals surface area contributed by atoms with Gasteiger partial charge in [0.25, 0.3) is 0 Å². The highest BCUT2D eigenvalue weighted by Gasteiger charge is 2.11. The number of unbranched alkanes of at least 4 members (excludes halogenated alkanes) is 1. The van der Waals surface area contributed by atoms with Crippen LogP contribution >= 0.6 is 0 Å². The van der Waals surface area contributed by atoms with E-state index >= 15 is 0 Å². The number of quaternary nitrogens is 1. The average molecular weight is 323 g/mol. The quantitative estimate of drug-likeness (QED) is 0.545. The van der Waals surface area contributed by atoms with E-state index in [1.165, 1.54) is 19.4 Å². The van der Waals surface area contributed by atoms with Crippen molar-refractivity contribution >= 4 is 0 Å². The molecule has 0 amide bonds. The summed E-state index contributed by atoms with van der Waals surface area (Å²) in [6.45, 7) is 7.96. The number of furan rings is 1. The highest BCUT2D eigenvalue weighted by atomic mass is 127. The molecule has 0 aliphatic heterocycles. The molecule has 2 nitrogen and oxygen atoms in total. The van der Waals surface area contributed by atoms with Crippen molar-refractivity contribution in [3.63, 3.8) is 0 Å². The minimum atomic E-state index is 0. The standard InChI is InChI=1S/C12H21NO.HI/c1-12(2,3)13-9-5-4-7-11-8-6-10-14-11;/h6,8,10,13H,4-5,7,9H2,1-3H3;1H. The van der Waals surface area contributed by atoms with Crippen LogP contribution in [-0.2, 0) is 6.42 Å². The van der Waals surface area contributed by atoms with Gasteiger partial charge in [0.15, 0.2) is 0 Å². The van der Waals surface area contributed by atoms with Gasteiger partial charge >= 0.3 is 0 Å². The van der Waals surface area contributed by atoms with Crippen LogP contribution in [0.4, 0.5) is 0 Å². The van der Waals surface area contributed by atoms with Crippen LogP contribution in [0.15, 0.2) is 22.8 Å². The fourth-order valence-corrected chi connectivity index (χ4v) is 1.43. The summed E-state index contributed by atoms with van der Waals surface area (Å²) in [5, 5.41) is 2.40. The van der Waals surface area contributed by atoms with Crippen molar-refractivity contribution in [3.8, 4) is 0 Å². The van der Waals surface area contributed by atoms with Crippen molar-refractivity contribution in [1.82, 2.24) is 0 Å². The third-order valence-electron chi connectivity index (χ3n) is 2.21. The van der Waals surface area contributed by atoms with E-state index in [1.54, 1.807) is 6.26 Å². The Balaban J connectivity index is 0.00000196. The van der Waals surface area contributed by atoms with Crippen LogP contribution < -0.4 is 29.3 Å². The Morgan fingerprint density at radius 3 is 2.53 bits per heavy atom. The molecule has 15 heavy (non-hydrogen) atoms. The molecule has 1 aromatic rings. The molecule has 1 heterocycles. The Morgan fingerprint density at radius 2 is 2.00 bits per heavy atom. The molecule has 3 heteroatoms. The van der Waals surface area contributed by atoms with Gasteiger partial charge in [0.05, 0.1) is 18.3 Å². The van der Waals surface area contributed by atoms with E-state index in [0.717, 1.165) is 12.2 Å². The molecule has 0 radical (unpaired) electrons. The van der Waals surface area contributed by atoms with Crippen molar-refractivity contribution < 1.29 is 33.7 Å². The van der Waals surface area contributed by atoms with Gasteiger partial charge in [0.2, 0.25) is 0 Å². The summed E-state index contributed by atoms with van der Waals surface area (Å²) in [5.41, 5.74) is 0.366. The molecule has 0 saturated carbocycles. The molecular formula is C12H22INO. The molecule has 1 aromatic heterocycles. The first-order valence-corrected chi connectivity index (χ1v) is 5.45. The van der Waals surface area contributed by atoms with Crippen LogP contribution in [0.3, 0.4) is 0 Å². The smallest absolute Gasteiger partial charge is 0.103 e. The third-order valence-corrected chi connectivity index (χ3v) is 2.21. The lowest BCUT2D eigenvalue weighted by Gasteiger charge is -2.16. The zero-order valence-corrected chi connectivity index (χ0v) is 12.1. The van der Waals surface area contributed by atoms with Crippen molar-refractivity contribution in [2.24, 2.45) is 0 Å². The molecular weight excluding hydrogens is 301 g/mol. The van der Waals surface area contributed by atoms with Gasteiger partial charge in [-0.3, -0.25) is 0 Å². The first-order valence-electron chi connectivity index (χ1n) is 5.45. The normalized spacial score (nSPS) is 11.1. The summed E-state index contributed by atoms with van der Waals surface area (Å²) in [7, 11) is 0. The number of rotatable bonds is 5. The monoisotopic (exact) mass is 323 g/mol. The minimum absolute atomic E-state index is 0. The Morgan fingerprint density at radius 1 is 1.27 bits per heavy atom. The van der Waals surface area contributed by atoms with E-state index in [9.17, 15) is 0 Å². The van der Waals surface area contributed by atoms with Crippen LogP contribution in [0.1, 0.15) is 39.4 Å². The van der Waals surface area contributed by atoms with Crippen molar-refractivity contribution in [3.05, 3.63) is 24.2 Å². The van der Waals surface area contributed by atoms with Gasteiger partial charge in [-0.25, -0.2) is 0 Å². The summed E-state index contributed by atoms with van der Waals surface area (Å²) < 4.78 is 5.27. The van der Waals surface area contributed by atoms with E-state index in [-0.39, 0.29) is 24.0 Å². The van der Waals surface area contributed by atoms with Crippen molar-refractivity contribution in [2.45, 2.75) is 45.6 Å². The fraction of sp³-hybridized carbons (Fsp3) is 0.667. The van der Waals surface area contributed by atoms with Crippen LogP contribution in [0.25, 0.3) is 0 Å². The zero-order chi connectivity index (χ0) is 10.4. The number of hydrogen-bond acceptors (Lipinski definition) is 1. The number of nitrogens with two attached hydrogens (primary N) is 1. The topological polar surface area (TPSA) is 29.8 Å². The first kappa shape index (κ1) is 15.0. The Hall–Kier alpha value is -0.0300. The van der Waals surface area contributed by atoms with Gasteiger partial charge in [-0.05, 0) is 45.7 Å². The molecule has 0 fully saturated rings. The van der Waals surface area contributed by atoms with Gasteiger partial charge in [-0.1, -0.05) is 0 Å². The summed E-state index contributed by atoms with van der Waals surface area (Å²) in [4.78, 5) is 0. The molecule has 0 aromatic carbocycles. The van der Waals surface area contributed by atoms with Crippen LogP contribution in [-0.4, -0.2) is 12.1 Å². The van der Waals surface area contributed by atoms with Gasteiger partial charge < -0.3 is 33.7 Å². The summed E-state index contributed by atoms with van der Waals surface area (Å²) in [6.07, 6.45) is 5.31. The van der Waals surface area contributed by atoms with E-state index in [2.05, 4.69) is 26.1 Å². The number of halogens is 1. The Bertz CT molecular complexity index is 239. The molecule has 0 spiro atoms. The Labute approximate surface area is 110 Å². The molecule has 0 unspecified atom stereocenters. The molecule has 2 N–H and O–H groups in total. The van der Waals surface area contributed by atoms with Crippen molar-refractivity contribution in [1.29, 1.82) is 0 Å². The predicted octanol–water partition coefficient (Wildman–Crippen LogP) is -1.03. The fourth-order valence-electron chi connectivity index (χ4n) is 1.43. The van der Waals surface area contributed by atoms with Crippen LogP contribution in [0.5, 0.6) is 0 Å². The summed E-state index contributed by atoms with van der Waals surface area (Å²) >= 11 is 0. The predicted molar refractivity (Wildman–Crippen MR) is 58.2 cm³/mol. The molecule has 88 valence electrons. The first-order chi connectivity index (χ1) is 6.58. The summed E-state index contributed by atoms with van der Waals surface area (Å²) in [5.74, 6) is 1.11. The second kappa shape index (κ2) is 7.28. The second-order valence-corrected chi connectivity index (χ2v) is 4.90. The molecule has 0 saturated heterocycles. The van der Waals surface area contributed by atoms with E-state index in [0.29, 0.717) is 5.54 Å². The SMILES string of the molecule is CC(C)(C)[NH2+]CCCCc1ccco1.[I-]. The zero-order valence-electron chi connectivity index (χ0n) is 9.92. The number of hydrogen-bond donors (Lipinski definition) is 1. The number of aryl methyl sites for hydroxylation is 1.